The van der Waals surface area contributed by atoms with Crippen LogP contribution in [0.2, 0.25) is 0 Å². The molecule has 21 nitrogen and oxygen atoms in total. The summed E-state index contributed by atoms with van der Waals surface area (Å²) in [5.74, 6) is -5.52. The van der Waals surface area contributed by atoms with Gasteiger partial charge in [0.25, 0.3) is 5.95 Å². The first-order chi connectivity index (χ1) is 25.8. The van der Waals surface area contributed by atoms with Crippen molar-refractivity contribution in [3.63, 3.8) is 0 Å². The van der Waals surface area contributed by atoms with Crippen molar-refractivity contribution in [2.45, 2.75) is 6.92 Å². The van der Waals surface area contributed by atoms with E-state index in [1.165, 1.54) is 48.5 Å². The second-order valence-corrected chi connectivity index (χ2v) is 11.0. The van der Waals surface area contributed by atoms with Crippen molar-refractivity contribution < 1.29 is 39.6 Å². The Hall–Kier alpha value is -8.54. The molecule has 0 aliphatic carbocycles. The molecule has 21 heteroatoms. The number of anilines is 5. The maximum Gasteiger partial charge on any atom is 0.335 e. The van der Waals surface area contributed by atoms with E-state index < -0.39 is 23.9 Å². The summed E-state index contributed by atoms with van der Waals surface area (Å²) in [6, 6.07) is 16.7. The molecule has 0 spiro atoms. The van der Waals surface area contributed by atoms with Crippen LogP contribution in [0, 0.1) is 18.3 Å². The number of nitrogens with one attached hydrogen (secondary N) is 2. The Kier molecular flexibility index (Phi) is 9.39. The molecule has 3 heterocycles. The van der Waals surface area contributed by atoms with Gasteiger partial charge in [-0.05, 0) is 73.7 Å². The number of nitrogens with two attached hydrogens (primary N) is 1. The summed E-state index contributed by atoms with van der Waals surface area (Å²) in [5, 5.41) is 70.1. The molecule has 0 atom stereocenters. The summed E-state index contributed by atoms with van der Waals surface area (Å²) in [5.41, 5.74) is 6.83. The van der Waals surface area contributed by atoms with Gasteiger partial charge in [-0.25, -0.2) is 23.9 Å². The number of nitrogen functional groups attached to an aromatic ring is 1. The lowest BCUT2D eigenvalue weighted by atomic mass is 10.1. The molecule has 0 aliphatic rings. The standard InChI is InChI=1S/C33H23N13O8/c1-15-24(42-43-26-20(13-34)14-36-45(26)23-11-18(29(51)52)10-19(12-23)30(53)54)25(35)46(44-15)33-40-31(37-21-6-2-16(3-7-21)27(47)48)39-32(41-33)38-22-8-4-17(5-9-22)28(49)50/h2-12,14H,35H2,1H3,(H,47,48)(H,49,50)(H,51,52)(H,53,54)(H2,37,38,39,40,41). The number of aryl methyl sites for hydroxylation is 1. The van der Waals surface area contributed by atoms with Crippen LogP contribution in [0.25, 0.3) is 11.6 Å². The van der Waals surface area contributed by atoms with E-state index in [4.69, 9.17) is 5.73 Å². The Bertz CT molecular complexity index is 2440. The van der Waals surface area contributed by atoms with E-state index in [0.717, 1.165) is 33.8 Å². The van der Waals surface area contributed by atoms with Crippen LogP contribution >= 0.6 is 0 Å². The molecular weight excluding hydrogens is 706 g/mol. The van der Waals surface area contributed by atoms with Crippen molar-refractivity contribution in [1.82, 2.24) is 34.5 Å². The van der Waals surface area contributed by atoms with Crippen LogP contribution in [-0.4, -0.2) is 78.8 Å². The topological polar surface area (TPSA) is 322 Å². The number of aromatic nitrogens is 7. The van der Waals surface area contributed by atoms with Crippen LogP contribution in [0.5, 0.6) is 0 Å². The van der Waals surface area contributed by atoms with Gasteiger partial charge in [-0.15, -0.1) is 10.2 Å². The van der Waals surface area contributed by atoms with Crippen LogP contribution < -0.4 is 16.4 Å². The average Bonchev–Trinajstić information content (AvgIpc) is 3.69. The third-order valence-electron chi connectivity index (χ3n) is 7.42. The zero-order valence-electron chi connectivity index (χ0n) is 27.4. The molecule has 268 valence electrons. The number of carboxylic acid groups (broad SMARTS) is 4. The zero-order valence-corrected chi connectivity index (χ0v) is 27.4. The molecule has 0 amide bonds. The first-order valence-corrected chi connectivity index (χ1v) is 15.2. The van der Waals surface area contributed by atoms with Crippen molar-refractivity contribution in [3.8, 4) is 17.7 Å². The summed E-state index contributed by atoms with van der Waals surface area (Å²) in [7, 11) is 0. The fourth-order valence-corrected chi connectivity index (χ4v) is 4.82. The number of rotatable bonds is 12. The number of hydrogen-bond donors (Lipinski definition) is 7. The van der Waals surface area contributed by atoms with E-state index in [1.54, 1.807) is 6.92 Å². The molecule has 6 rings (SSSR count). The van der Waals surface area contributed by atoms with Gasteiger partial charge in [-0.3, -0.25) is 0 Å². The van der Waals surface area contributed by atoms with Gasteiger partial charge in [0, 0.05) is 11.4 Å². The second kappa shape index (κ2) is 14.4. The number of hydrogen-bond acceptors (Lipinski definition) is 15. The first-order valence-electron chi connectivity index (χ1n) is 15.2. The van der Waals surface area contributed by atoms with Crippen molar-refractivity contribution in [1.29, 1.82) is 5.26 Å². The second-order valence-electron chi connectivity index (χ2n) is 11.0. The minimum absolute atomic E-state index is 0.00935. The first kappa shape index (κ1) is 35.3. The number of benzene rings is 3. The van der Waals surface area contributed by atoms with Gasteiger partial charge in [0.2, 0.25) is 11.9 Å². The molecule has 0 radical (unpaired) electrons. The van der Waals surface area contributed by atoms with E-state index >= 15 is 0 Å². The summed E-state index contributed by atoms with van der Waals surface area (Å²) >= 11 is 0. The van der Waals surface area contributed by atoms with E-state index in [9.17, 15) is 44.9 Å². The molecule has 6 aromatic rings. The molecule has 0 aliphatic heterocycles. The Morgan fingerprint density at radius 2 is 1.22 bits per heavy atom. The lowest BCUT2D eigenvalue weighted by Crippen LogP contribution is -2.12. The van der Waals surface area contributed by atoms with Gasteiger partial charge >= 0.3 is 23.9 Å². The predicted molar refractivity (Wildman–Crippen MR) is 186 cm³/mol. The van der Waals surface area contributed by atoms with Gasteiger partial charge in [-0.1, -0.05) is 0 Å². The Balaban J connectivity index is 1.39. The fraction of sp³-hybridized carbons (Fsp3) is 0.0303. The van der Waals surface area contributed by atoms with Crippen LogP contribution in [0.15, 0.2) is 83.2 Å². The maximum absolute atomic E-state index is 11.7. The molecular formula is C33H23N13O8. The fourth-order valence-electron chi connectivity index (χ4n) is 4.82. The number of nitrogens with zero attached hydrogens (tertiary/aromatic N) is 10. The minimum atomic E-state index is -1.40. The van der Waals surface area contributed by atoms with E-state index in [2.05, 4.69) is 46.0 Å². The predicted octanol–water partition coefficient (Wildman–Crippen LogP) is 4.70. The van der Waals surface area contributed by atoms with Crippen LogP contribution in [0.4, 0.5) is 40.6 Å². The lowest BCUT2D eigenvalue weighted by Gasteiger charge is -2.11. The number of azo groups is 1. The van der Waals surface area contributed by atoms with Crippen molar-refractivity contribution >= 4 is 64.5 Å². The van der Waals surface area contributed by atoms with Crippen LogP contribution in [0.1, 0.15) is 52.7 Å². The van der Waals surface area contributed by atoms with Gasteiger partial charge in [0.05, 0.1) is 39.8 Å². The summed E-state index contributed by atoms with van der Waals surface area (Å²) in [6.07, 6.45) is 1.14. The Morgan fingerprint density at radius 3 is 1.69 bits per heavy atom. The highest BCUT2D eigenvalue weighted by Gasteiger charge is 2.21. The molecule has 3 aromatic heterocycles. The lowest BCUT2D eigenvalue weighted by molar-refractivity contribution is 0.0680. The van der Waals surface area contributed by atoms with E-state index in [0.29, 0.717) is 11.4 Å². The monoisotopic (exact) mass is 729 g/mol. The third-order valence-corrected chi connectivity index (χ3v) is 7.42. The molecule has 8 N–H and O–H groups in total. The quantitative estimate of drug-likeness (QED) is 0.0839. The highest BCUT2D eigenvalue weighted by Crippen LogP contribution is 2.32. The summed E-state index contributed by atoms with van der Waals surface area (Å²) in [6.45, 7) is 1.55. The molecule has 0 bridgehead atoms. The van der Waals surface area contributed by atoms with Crippen molar-refractivity contribution in [3.05, 3.63) is 106 Å². The highest BCUT2D eigenvalue weighted by atomic mass is 16.4. The van der Waals surface area contributed by atoms with Crippen LogP contribution in [0.3, 0.4) is 0 Å². The molecule has 0 saturated carbocycles. The maximum atomic E-state index is 11.7. The van der Waals surface area contributed by atoms with Crippen molar-refractivity contribution in [2.75, 3.05) is 16.4 Å². The van der Waals surface area contributed by atoms with E-state index in [1.807, 2.05) is 6.07 Å². The highest BCUT2D eigenvalue weighted by molar-refractivity contribution is 5.95. The largest absolute Gasteiger partial charge is 0.478 e. The average molecular weight is 730 g/mol. The normalized spacial score (nSPS) is 10.9. The third kappa shape index (κ3) is 7.32. The van der Waals surface area contributed by atoms with Crippen molar-refractivity contribution in [2.24, 2.45) is 10.2 Å². The zero-order chi connectivity index (χ0) is 38.7. The van der Waals surface area contributed by atoms with Gasteiger partial charge in [-0.2, -0.15) is 35.1 Å². The van der Waals surface area contributed by atoms with Gasteiger partial charge in [0.15, 0.2) is 17.3 Å². The van der Waals surface area contributed by atoms with Gasteiger partial charge in [0.1, 0.15) is 11.6 Å². The summed E-state index contributed by atoms with van der Waals surface area (Å²) in [4.78, 5) is 59.2. The minimum Gasteiger partial charge on any atom is -0.478 e. The number of carboxylic acids is 4. The number of aromatic carboxylic acids is 4. The Morgan fingerprint density at radius 1 is 0.722 bits per heavy atom. The molecule has 0 saturated heterocycles. The van der Waals surface area contributed by atoms with E-state index in [-0.39, 0.29) is 74.4 Å². The molecule has 3 aromatic carbocycles. The number of nitriles is 1. The van der Waals surface area contributed by atoms with Gasteiger partial charge < -0.3 is 36.8 Å². The molecule has 0 unspecified atom stereocenters. The van der Waals surface area contributed by atoms with Crippen LogP contribution in [-0.2, 0) is 0 Å². The summed E-state index contributed by atoms with van der Waals surface area (Å²) < 4.78 is 2.17. The number of carbonyl (C=O) groups is 4. The smallest absolute Gasteiger partial charge is 0.335 e. The Labute approximate surface area is 301 Å². The SMILES string of the molecule is Cc1nn(-c2nc(Nc3ccc(C(=O)O)cc3)nc(Nc3ccc(C(=O)O)cc3)n2)c(N)c1N=Nc1c(C#N)cnn1-c1cc(C(=O)O)cc(C(=O)O)c1. The molecule has 0 fully saturated rings. The molecule has 54 heavy (non-hydrogen) atoms.